The quantitative estimate of drug-likeness (QED) is 0.391. The van der Waals surface area contributed by atoms with E-state index in [9.17, 15) is 0 Å². The third-order valence-corrected chi connectivity index (χ3v) is 3.14. The smallest absolute Gasteiger partial charge is 1.00 e. The molecule has 0 aromatic heterocycles. The van der Waals surface area contributed by atoms with Crippen molar-refractivity contribution in [3.8, 4) is 0 Å². The van der Waals surface area contributed by atoms with Crippen molar-refractivity contribution in [2.24, 2.45) is 5.92 Å². The van der Waals surface area contributed by atoms with Crippen molar-refractivity contribution in [1.29, 1.82) is 0 Å². The first kappa shape index (κ1) is 23.8. The molecular weight excluding hydrogens is 301 g/mol. The minimum atomic E-state index is 0. The van der Waals surface area contributed by atoms with Gasteiger partial charge in [0.05, 0.1) is 0 Å². The Morgan fingerprint density at radius 3 is 1.78 bits per heavy atom. The van der Waals surface area contributed by atoms with Crippen LogP contribution in [0.3, 0.4) is 0 Å². The summed E-state index contributed by atoms with van der Waals surface area (Å²) >= 11 is 0. The molecule has 1 N–H and O–H groups in total. The molecule has 0 saturated heterocycles. The largest absolute Gasteiger partial charge is 4.00 e. The Bertz CT molecular complexity index is 241. The van der Waals surface area contributed by atoms with Crippen molar-refractivity contribution in [3.05, 3.63) is 29.0 Å². The summed E-state index contributed by atoms with van der Waals surface area (Å²) in [7, 11) is 0. The molecule has 1 fully saturated rings. The molecule has 0 radical (unpaired) electrons. The first-order chi connectivity index (χ1) is 7.09. The SMILES string of the molecule is CC1=[C-]C(C)C=C1C.[Cl-].[Cl-].[NH-]C1CCCCC1.[Ti+4]. The van der Waals surface area contributed by atoms with E-state index in [0.29, 0.717) is 5.92 Å². The number of hydrogen-bond acceptors (Lipinski definition) is 0. The summed E-state index contributed by atoms with van der Waals surface area (Å²) in [6.07, 6.45) is 11.8. The van der Waals surface area contributed by atoms with Gasteiger partial charge < -0.3 is 30.5 Å². The molecule has 0 spiro atoms. The summed E-state index contributed by atoms with van der Waals surface area (Å²) in [5.41, 5.74) is 9.98. The molecule has 18 heavy (non-hydrogen) atoms. The second-order valence-electron chi connectivity index (χ2n) is 4.74. The van der Waals surface area contributed by atoms with Gasteiger partial charge in [-0.05, 0) is 0 Å². The molecule has 1 atom stereocenters. The maximum Gasteiger partial charge on any atom is 4.00 e. The number of allylic oxidation sites excluding steroid dienone is 4. The Hall–Kier alpha value is 0.734. The van der Waals surface area contributed by atoms with Gasteiger partial charge in [0.1, 0.15) is 0 Å². The molecule has 1 nitrogen and oxygen atoms in total. The number of hydrogen-bond donors (Lipinski definition) is 0. The van der Waals surface area contributed by atoms with Gasteiger partial charge in [0.25, 0.3) is 0 Å². The zero-order valence-corrected chi connectivity index (χ0v) is 14.6. The average molecular weight is 324 g/mol. The van der Waals surface area contributed by atoms with Gasteiger partial charge in [0.15, 0.2) is 0 Å². The van der Waals surface area contributed by atoms with Crippen LogP contribution in [-0.4, -0.2) is 6.04 Å². The summed E-state index contributed by atoms with van der Waals surface area (Å²) < 4.78 is 0. The summed E-state index contributed by atoms with van der Waals surface area (Å²) in [6, 6.07) is 0.286. The predicted octanol–water partition coefficient (Wildman–Crippen LogP) is -1.29. The molecule has 0 aliphatic heterocycles. The van der Waals surface area contributed by atoms with E-state index in [4.69, 9.17) is 5.73 Å². The van der Waals surface area contributed by atoms with Gasteiger partial charge in [-0.15, -0.1) is 13.0 Å². The van der Waals surface area contributed by atoms with E-state index in [0.717, 1.165) is 12.8 Å². The van der Waals surface area contributed by atoms with E-state index in [1.54, 1.807) is 0 Å². The molecule has 1 saturated carbocycles. The van der Waals surface area contributed by atoms with Gasteiger partial charge >= 0.3 is 21.7 Å². The second kappa shape index (κ2) is 12.8. The van der Waals surface area contributed by atoms with Crippen molar-refractivity contribution < 1.29 is 46.5 Å². The number of halogens is 2. The Morgan fingerprint density at radius 1 is 1.11 bits per heavy atom. The van der Waals surface area contributed by atoms with Crippen LogP contribution in [0.15, 0.2) is 17.2 Å². The fourth-order valence-corrected chi connectivity index (χ4v) is 2.10. The van der Waals surface area contributed by atoms with E-state index >= 15 is 0 Å². The van der Waals surface area contributed by atoms with E-state index < -0.39 is 0 Å². The van der Waals surface area contributed by atoms with E-state index in [2.05, 4.69) is 32.9 Å². The van der Waals surface area contributed by atoms with Gasteiger partial charge in [-0.3, -0.25) is 6.08 Å². The normalized spacial score (nSPS) is 22.1. The molecule has 0 bridgehead atoms. The number of rotatable bonds is 0. The van der Waals surface area contributed by atoms with Crippen LogP contribution in [0, 0.1) is 12.0 Å². The standard InChI is InChI=1S/C8H11.C6H12N.2ClH.Ti/c1-6-4-7(2)8(3)5-6;7-6-4-2-1-3-5-6;;;/h4,6H,1-3H3;6-7H,1-5H2;2*1H;/q2*-1;;;+4/p-2. The molecule has 2 rings (SSSR count). The van der Waals surface area contributed by atoms with Crippen molar-refractivity contribution in [3.63, 3.8) is 0 Å². The first-order valence-electron chi connectivity index (χ1n) is 6.09. The fourth-order valence-electron chi connectivity index (χ4n) is 2.10. The van der Waals surface area contributed by atoms with Gasteiger partial charge in [-0.25, -0.2) is 11.1 Å². The molecule has 1 unspecified atom stereocenters. The Kier molecular flexibility index (Phi) is 16.9. The van der Waals surface area contributed by atoms with Gasteiger partial charge in [0.2, 0.25) is 0 Å². The summed E-state index contributed by atoms with van der Waals surface area (Å²) in [6.45, 7) is 6.39. The maximum absolute atomic E-state index is 7.27. The van der Waals surface area contributed by atoms with Crippen molar-refractivity contribution in [1.82, 2.24) is 0 Å². The van der Waals surface area contributed by atoms with Crippen LogP contribution in [-0.2, 0) is 21.7 Å². The molecule has 0 heterocycles. The Labute approximate surface area is 140 Å². The van der Waals surface area contributed by atoms with Crippen LogP contribution >= 0.6 is 0 Å². The van der Waals surface area contributed by atoms with Crippen LogP contribution in [0.5, 0.6) is 0 Å². The van der Waals surface area contributed by atoms with Crippen molar-refractivity contribution in [2.45, 2.75) is 58.9 Å². The van der Waals surface area contributed by atoms with Gasteiger partial charge in [-0.1, -0.05) is 51.9 Å². The zero-order valence-electron chi connectivity index (χ0n) is 11.5. The first-order valence-corrected chi connectivity index (χ1v) is 6.09. The second-order valence-corrected chi connectivity index (χ2v) is 4.74. The third-order valence-electron chi connectivity index (χ3n) is 3.14. The predicted molar refractivity (Wildman–Crippen MR) is 66.5 cm³/mol. The van der Waals surface area contributed by atoms with Crippen LogP contribution in [0.1, 0.15) is 52.9 Å². The van der Waals surface area contributed by atoms with Crippen LogP contribution < -0.4 is 24.8 Å². The van der Waals surface area contributed by atoms with Gasteiger partial charge in [-0.2, -0.15) is 6.08 Å². The molecule has 2 aliphatic carbocycles. The minimum Gasteiger partial charge on any atom is -1.00 e. The van der Waals surface area contributed by atoms with E-state index in [-0.39, 0.29) is 52.6 Å². The maximum atomic E-state index is 7.27. The molecule has 0 aromatic rings. The Balaban J connectivity index is -0.000000215. The minimum absolute atomic E-state index is 0. The fraction of sp³-hybridized carbons (Fsp3) is 0.714. The molecular formula is C14H23Cl2NTi. The van der Waals surface area contributed by atoms with Gasteiger partial charge in [0, 0.05) is 0 Å². The molecule has 2 aliphatic rings. The summed E-state index contributed by atoms with van der Waals surface area (Å²) in [4.78, 5) is 0. The molecule has 0 aromatic carbocycles. The summed E-state index contributed by atoms with van der Waals surface area (Å²) in [5, 5.41) is 0. The molecule has 0 amide bonds. The van der Waals surface area contributed by atoms with E-state index in [1.807, 2.05) is 0 Å². The molecule has 4 heteroatoms. The third kappa shape index (κ3) is 9.64. The van der Waals surface area contributed by atoms with E-state index in [1.165, 1.54) is 30.4 Å². The summed E-state index contributed by atoms with van der Waals surface area (Å²) in [5.74, 6) is 0.551. The monoisotopic (exact) mass is 323 g/mol. The van der Waals surface area contributed by atoms with Crippen LogP contribution in [0.4, 0.5) is 0 Å². The Morgan fingerprint density at radius 2 is 1.61 bits per heavy atom. The number of nitrogens with one attached hydrogen (secondary N) is 1. The van der Waals surface area contributed by atoms with Crippen molar-refractivity contribution in [2.75, 3.05) is 0 Å². The molecule has 102 valence electrons. The average Bonchev–Trinajstić information content (AvgIpc) is 2.46. The van der Waals surface area contributed by atoms with Crippen LogP contribution in [0.25, 0.3) is 5.73 Å². The van der Waals surface area contributed by atoms with Crippen LogP contribution in [0.2, 0.25) is 0 Å². The topological polar surface area (TPSA) is 23.8 Å². The van der Waals surface area contributed by atoms with Crippen molar-refractivity contribution >= 4 is 0 Å². The zero-order chi connectivity index (χ0) is 11.3.